The number of carbonyl (C=O) groups is 2. The number of carbonyl (C=O) groups excluding carboxylic acids is 2. The Labute approximate surface area is 186 Å². The number of nitriles is 1. The average molecular weight is 436 g/mol. The van der Waals surface area contributed by atoms with Gasteiger partial charge >= 0.3 is 0 Å². The maximum absolute atomic E-state index is 13.9. The molecule has 166 valence electrons. The predicted molar refractivity (Wildman–Crippen MR) is 122 cm³/mol. The molecule has 1 amide bonds. The zero-order valence-corrected chi connectivity index (χ0v) is 17.9. The number of hydrogen-bond donors (Lipinski definition) is 4. The molecule has 32 heavy (non-hydrogen) atoms. The maximum Gasteiger partial charge on any atom is 0.233 e. The summed E-state index contributed by atoms with van der Waals surface area (Å²) in [7, 11) is 0. The summed E-state index contributed by atoms with van der Waals surface area (Å²) in [5, 5.41) is 30.5. The zero-order valence-electron chi connectivity index (χ0n) is 17.9. The van der Waals surface area contributed by atoms with E-state index < -0.39 is 29.6 Å². The van der Waals surface area contributed by atoms with Gasteiger partial charge in [0.05, 0.1) is 17.6 Å². The van der Waals surface area contributed by atoms with Crippen LogP contribution in [-0.4, -0.2) is 37.2 Å². The molecule has 2 aromatic rings. The van der Waals surface area contributed by atoms with Gasteiger partial charge in [0.15, 0.2) is 0 Å². The fraction of sp³-hybridized carbons (Fsp3) is 0.292. The third-order valence-corrected chi connectivity index (χ3v) is 4.96. The Morgan fingerprint density at radius 3 is 2.47 bits per heavy atom. The van der Waals surface area contributed by atoms with E-state index in [1.54, 1.807) is 24.3 Å². The van der Waals surface area contributed by atoms with E-state index >= 15 is 0 Å². The van der Waals surface area contributed by atoms with Crippen molar-refractivity contribution in [3.05, 3.63) is 65.0 Å². The van der Waals surface area contributed by atoms with Gasteiger partial charge in [0, 0.05) is 35.6 Å². The van der Waals surface area contributed by atoms with Gasteiger partial charge in [0.25, 0.3) is 0 Å². The molecule has 0 fully saturated rings. The lowest BCUT2D eigenvalue weighted by Crippen LogP contribution is -2.48. The molecule has 2 unspecified atom stereocenters. The summed E-state index contributed by atoms with van der Waals surface area (Å²) in [5.74, 6) is -2.70. The van der Waals surface area contributed by atoms with Crippen molar-refractivity contribution < 1.29 is 14.0 Å². The minimum atomic E-state index is -0.975. The standard InChI is InChI=1S/C24H26FN5O2/c1-15(2)13-29-23(18(11-27)12-28)22(21-6-4-3-5-17(21)14-31)24(32)30-20-8-16(10-26)7-19(25)9-20/h3-9,11-12,14-15,18,22-23,27-29H,13H2,1-2H3,(H,30,32). The number of anilines is 1. The smallest absolute Gasteiger partial charge is 0.233 e. The lowest BCUT2D eigenvalue weighted by molar-refractivity contribution is -0.118. The number of aldehydes is 1. The number of rotatable bonds is 11. The summed E-state index contributed by atoms with van der Waals surface area (Å²) in [6.45, 7) is 4.48. The molecule has 4 N–H and O–H groups in total. The molecule has 0 heterocycles. The molecular weight excluding hydrogens is 409 g/mol. The fourth-order valence-electron chi connectivity index (χ4n) is 3.45. The van der Waals surface area contributed by atoms with E-state index in [0.29, 0.717) is 24.0 Å². The predicted octanol–water partition coefficient (Wildman–Crippen LogP) is 3.76. The van der Waals surface area contributed by atoms with E-state index in [1.165, 1.54) is 6.07 Å². The summed E-state index contributed by atoms with van der Waals surface area (Å²) < 4.78 is 13.9. The van der Waals surface area contributed by atoms with Gasteiger partial charge in [-0.25, -0.2) is 4.39 Å². The number of amides is 1. The van der Waals surface area contributed by atoms with Crippen LogP contribution in [0, 0.1) is 39.8 Å². The average Bonchev–Trinajstić information content (AvgIpc) is 2.77. The second-order valence-corrected chi connectivity index (χ2v) is 7.79. The van der Waals surface area contributed by atoms with Crippen molar-refractivity contribution >= 4 is 30.3 Å². The highest BCUT2D eigenvalue weighted by Gasteiger charge is 2.35. The van der Waals surface area contributed by atoms with Crippen LogP contribution in [0.5, 0.6) is 0 Å². The SMILES string of the molecule is CC(C)CNC(C(C=N)C=N)C(C(=O)Nc1cc(F)cc(C#N)c1)c1ccccc1C=O. The van der Waals surface area contributed by atoms with Crippen molar-refractivity contribution in [3.63, 3.8) is 0 Å². The summed E-state index contributed by atoms with van der Waals surface area (Å²) in [4.78, 5) is 25.2. The Bertz CT molecular complexity index is 1020. The first kappa shape index (κ1) is 24.6. The van der Waals surface area contributed by atoms with E-state index in [4.69, 9.17) is 16.1 Å². The molecule has 0 spiro atoms. The fourth-order valence-corrected chi connectivity index (χ4v) is 3.45. The van der Waals surface area contributed by atoms with Gasteiger partial charge in [-0.1, -0.05) is 38.1 Å². The van der Waals surface area contributed by atoms with E-state index in [0.717, 1.165) is 24.6 Å². The third kappa shape index (κ3) is 6.15. The first-order chi connectivity index (χ1) is 15.3. The van der Waals surface area contributed by atoms with Crippen LogP contribution in [0.15, 0.2) is 42.5 Å². The summed E-state index contributed by atoms with van der Waals surface area (Å²) in [5.41, 5.74) is 0.877. The van der Waals surface area contributed by atoms with Gasteiger partial charge in [-0.15, -0.1) is 0 Å². The summed E-state index contributed by atoms with van der Waals surface area (Å²) >= 11 is 0. The molecule has 2 atom stereocenters. The Morgan fingerprint density at radius 2 is 1.88 bits per heavy atom. The van der Waals surface area contributed by atoms with Crippen molar-refractivity contribution in [2.75, 3.05) is 11.9 Å². The van der Waals surface area contributed by atoms with Crippen molar-refractivity contribution in [2.24, 2.45) is 11.8 Å². The van der Waals surface area contributed by atoms with Crippen LogP contribution in [0.2, 0.25) is 0 Å². The monoisotopic (exact) mass is 435 g/mol. The first-order valence-corrected chi connectivity index (χ1v) is 10.1. The van der Waals surface area contributed by atoms with E-state index in [1.807, 2.05) is 19.9 Å². The molecule has 0 aliphatic rings. The lowest BCUT2D eigenvalue weighted by atomic mass is 9.81. The normalized spacial score (nSPS) is 13.5. The Hall–Kier alpha value is -3.70. The molecular formula is C24H26FN5O2. The number of hydrogen-bond acceptors (Lipinski definition) is 6. The van der Waals surface area contributed by atoms with Crippen LogP contribution < -0.4 is 10.6 Å². The van der Waals surface area contributed by atoms with Gasteiger partial charge in [-0.05, 0) is 36.2 Å². The molecule has 7 nitrogen and oxygen atoms in total. The van der Waals surface area contributed by atoms with Gasteiger partial charge in [-0.3, -0.25) is 9.59 Å². The highest BCUT2D eigenvalue weighted by molar-refractivity contribution is 5.99. The van der Waals surface area contributed by atoms with Crippen LogP contribution >= 0.6 is 0 Å². The van der Waals surface area contributed by atoms with Crippen LogP contribution in [0.1, 0.15) is 41.3 Å². The minimum absolute atomic E-state index is 0.0523. The number of nitrogens with zero attached hydrogens (tertiary/aromatic N) is 1. The highest BCUT2D eigenvalue weighted by atomic mass is 19.1. The molecule has 2 aromatic carbocycles. The van der Waals surface area contributed by atoms with Gasteiger partial charge in [0.2, 0.25) is 5.91 Å². The third-order valence-electron chi connectivity index (χ3n) is 4.96. The van der Waals surface area contributed by atoms with Crippen LogP contribution in [-0.2, 0) is 4.79 Å². The van der Waals surface area contributed by atoms with Crippen LogP contribution in [0.4, 0.5) is 10.1 Å². The van der Waals surface area contributed by atoms with Crippen LogP contribution in [0.3, 0.4) is 0 Å². The molecule has 0 bridgehead atoms. The zero-order chi connectivity index (χ0) is 23.7. The maximum atomic E-state index is 13.9. The lowest BCUT2D eigenvalue weighted by Gasteiger charge is -2.32. The molecule has 0 aliphatic heterocycles. The molecule has 0 radical (unpaired) electrons. The van der Waals surface area contributed by atoms with Crippen molar-refractivity contribution in [1.82, 2.24) is 5.32 Å². The van der Waals surface area contributed by atoms with Gasteiger partial charge < -0.3 is 21.5 Å². The Kier molecular flexibility index (Phi) is 8.93. The van der Waals surface area contributed by atoms with Crippen molar-refractivity contribution in [2.45, 2.75) is 25.8 Å². The van der Waals surface area contributed by atoms with Crippen molar-refractivity contribution in [1.29, 1.82) is 16.1 Å². The van der Waals surface area contributed by atoms with Crippen molar-refractivity contribution in [3.8, 4) is 6.07 Å². The molecule has 2 rings (SSSR count). The van der Waals surface area contributed by atoms with Crippen LogP contribution in [0.25, 0.3) is 0 Å². The molecule has 0 aliphatic carbocycles. The summed E-state index contributed by atoms with van der Waals surface area (Å²) in [6, 6.07) is 11.2. The number of benzene rings is 2. The molecule has 0 saturated heterocycles. The van der Waals surface area contributed by atoms with E-state index in [-0.39, 0.29) is 17.2 Å². The first-order valence-electron chi connectivity index (χ1n) is 10.1. The number of halogens is 1. The molecule has 8 heteroatoms. The second kappa shape index (κ2) is 11.6. The highest BCUT2D eigenvalue weighted by Crippen LogP contribution is 2.28. The second-order valence-electron chi connectivity index (χ2n) is 7.79. The van der Waals surface area contributed by atoms with Gasteiger partial charge in [0.1, 0.15) is 12.1 Å². The van der Waals surface area contributed by atoms with E-state index in [9.17, 15) is 14.0 Å². The Balaban J connectivity index is 2.58. The number of nitrogens with one attached hydrogen (secondary N) is 4. The Morgan fingerprint density at radius 1 is 1.19 bits per heavy atom. The minimum Gasteiger partial charge on any atom is -0.325 e. The molecule has 0 aromatic heterocycles. The largest absolute Gasteiger partial charge is 0.325 e. The van der Waals surface area contributed by atoms with E-state index in [2.05, 4.69) is 10.6 Å². The quantitative estimate of drug-likeness (QED) is 0.316. The molecule has 0 saturated carbocycles. The van der Waals surface area contributed by atoms with Gasteiger partial charge in [-0.2, -0.15) is 5.26 Å². The summed E-state index contributed by atoms with van der Waals surface area (Å²) in [6.07, 6.45) is 2.80. The topological polar surface area (TPSA) is 130 Å².